The van der Waals surface area contributed by atoms with E-state index in [0.29, 0.717) is 6.04 Å². The maximum absolute atomic E-state index is 12.7. The van der Waals surface area contributed by atoms with Gasteiger partial charge in [0, 0.05) is 25.7 Å². The molecule has 1 N–H and O–H groups in total. The third kappa shape index (κ3) is 4.17. The van der Waals surface area contributed by atoms with Gasteiger partial charge in [-0.05, 0) is 43.2 Å². The average molecular weight is 262 g/mol. The Bertz CT molecular complexity index is 450. The highest BCUT2D eigenvalue weighted by Gasteiger charge is 2.17. The molecular formula is C15H19FN2O. The second kappa shape index (κ2) is 6.48. The third-order valence-electron chi connectivity index (χ3n) is 3.32. The monoisotopic (exact) mass is 262 g/mol. The Kier molecular flexibility index (Phi) is 4.68. The van der Waals surface area contributed by atoms with Crippen molar-refractivity contribution in [3.8, 4) is 0 Å². The lowest BCUT2D eigenvalue weighted by Gasteiger charge is -2.19. The van der Waals surface area contributed by atoms with Crippen LogP contribution in [0.1, 0.15) is 18.4 Å². The molecule has 1 fully saturated rings. The molecule has 0 aliphatic carbocycles. The number of amides is 1. The van der Waals surface area contributed by atoms with E-state index in [9.17, 15) is 9.18 Å². The van der Waals surface area contributed by atoms with E-state index < -0.39 is 0 Å². The largest absolute Gasteiger partial charge is 0.341 e. The number of halogens is 1. The van der Waals surface area contributed by atoms with Crippen molar-refractivity contribution >= 4 is 12.0 Å². The minimum absolute atomic E-state index is 0.0296. The number of hydrogen-bond acceptors (Lipinski definition) is 2. The van der Waals surface area contributed by atoms with Crippen molar-refractivity contribution in [2.75, 3.05) is 20.1 Å². The Morgan fingerprint density at radius 3 is 2.84 bits per heavy atom. The van der Waals surface area contributed by atoms with Crippen LogP contribution >= 0.6 is 0 Å². The SMILES string of the molecule is CN(CC1CCCN1)C(=O)/C=C/c1ccc(F)cc1. The second-order valence-electron chi connectivity index (χ2n) is 4.90. The molecule has 1 saturated heterocycles. The fourth-order valence-electron chi connectivity index (χ4n) is 2.20. The first-order chi connectivity index (χ1) is 9.15. The molecule has 4 heteroatoms. The van der Waals surface area contributed by atoms with E-state index in [-0.39, 0.29) is 11.7 Å². The zero-order valence-electron chi connectivity index (χ0n) is 11.1. The summed E-state index contributed by atoms with van der Waals surface area (Å²) in [5.41, 5.74) is 0.821. The van der Waals surface area contributed by atoms with Crippen LogP contribution in [-0.4, -0.2) is 37.0 Å². The second-order valence-corrected chi connectivity index (χ2v) is 4.90. The van der Waals surface area contributed by atoms with Crippen LogP contribution in [0, 0.1) is 5.82 Å². The number of benzene rings is 1. The van der Waals surface area contributed by atoms with Crippen LogP contribution in [0.4, 0.5) is 4.39 Å². The zero-order valence-corrected chi connectivity index (χ0v) is 11.1. The first-order valence-electron chi connectivity index (χ1n) is 6.57. The molecule has 1 aliphatic rings. The number of likely N-dealkylation sites (N-methyl/N-ethyl adjacent to an activating group) is 1. The number of rotatable bonds is 4. The predicted molar refractivity (Wildman–Crippen MR) is 74.1 cm³/mol. The fourth-order valence-corrected chi connectivity index (χ4v) is 2.20. The maximum Gasteiger partial charge on any atom is 0.246 e. The van der Waals surface area contributed by atoms with Gasteiger partial charge in [-0.25, -0.2) is 4.39 Å². The van der Waals surface area contributed by atoms with E-state index in [1.807, 2.05) is 0 Å². The molecule has 1 amide bonds. The number of carbonyl (C=O) groups excluding carboxylic acids is 1. The standard InChI is InChI=1S/C15H19FN2O/c1-18(11-14-3-2-10-17-14)15(19)9-6-12-4-7-13(16)8-5-12/h4-9,14,17H,2-3,10-11H2,1H3/b9-6+. The lowest BCUT2D eigenvalue weighted by molar-refractivity contribution is -0.125. The van der Waals surface area contributed by atoms with Gasteiger partial charge in [-0.15, -0.1) is 0 Å². The Balaban J connectivity index is 1.86. The molecule has 0 saturated carbocycles. The summed E-state index contributed by atoms with van der Waals surface area (Å²) in [5, 5.41) is 3.36. The summed E-state index contributed by atoms with van der Waals surface area (Å²) in [6, 6.07) is 6.48. The van der Waals surface area contributed by atoms with Gasteiger partial charge in [0.15, 0.2) is 0 Å². The molecule has 102 valence electrons. The minimum Gasteiger partial charge on any atom is -0.341 e. The quantitative estimate of drug-likeness (QED) is 0.842. The molecule has 19 heavy (non-hydrogen) atoms. The van der Waals surface area contributed by atoms with Crippen molar-refractivity contribution in [3.05, 3.63) is 41.7 Å². The Morgan fingerprint density at radius 1 is 1.47 bits per heavy atom. The van der Waals surface area contributed by atoms with Gasteiger partial charge in [-0.2, -0.15) is 0 Å². The van der Waals surface area contributed by atoms with Gasteiger partial charge in [-0.1, -0.05) is 12.1 Å². The highest BCUT2D eigenvalue weighted by atomic mass is 19.1. The molecular weight excluding hydrogens is 243 g/mol. The molecule has 3 nitrogen and oxygen atoms in total. The van der Waals surface area contributed by atoms with E-state index in [2.05, 4.69) is 5.32 Å². The van der Waals surface area contributed by atoms with Gasteiger partial charge in [-0.3, -0.25) is 4.79 Å². The van der Waals surface area contributed by atoms with Crippen molar-refractivity contribution < 1.29 is 9.18 Å². The zero-order chi connectivity index (χ0) is 13.7. The summed E-state index contributed by atoms with van der Waals surface area (Å²) < 4.78 is 12.7. The van der Waals surface area contributed by atoms with Crippen molar-refractivity contribution in [1.82, 2.24) is 10.2 Å². The topological polar surface area (TPSA) is 32.3 Å². The number of nitrogens with one attached hydrogen (secondary N) is 1. The van der Waals surface area contributed by atoms with Crippen molar-refractivity contribution in [3.63, 3.8) is 0 Å². The van der Waals surface area contributed by atoms with Gasteiger partial charge in [0.1, 0.15) is 5.82 Å². The first-order valence-corrected chi connectivity index (χ1v) is 6.57. The summed E-state index contributed by atoms with van der Waals surface area (Å²) >= 11 is 0. The van der Waals surface area contributed by atoms with E-state index in [0.717, 1.165) is 25.1 Å². The molecule has 1 aromatic rings. The molecule has 1 heterocycles. The first kappa shape index (κ1) is 13.7. The molecule has 0 aromatic heterocycles. The van der Waals surface area contributed by atoms with E-state index in [1.54, 1.807) is 30.2 Å². The van der Waals surface area contributed by atoms with E-state index in [1.165, 1.54) is 24.6 Å². The summed E-state index contributed by atoms with van der Waals surface area (Å²) in [4.78, 5) is 13.6. The van der Waals surface area contributed by atoms with Crippen LogP contribution in [0.15, 0.2) is 30.3 Å². The molecule has 1 unspecified atom stereocenters. The van der Waals surface area contributed by atoms with Crippen LogP contribution in [0.3, 0.4) is 0 Å². The maximum atomic E-state index is 12.7. The van der Waals surface area contributed by atoms with Gasteiger partial charge in [0.2, 0.25) is 5.91 Å². The smallest absolute Gasteiger partial charge is 0.246 e. The Labute approximate surface area is 113 Å². The van der Waals surface area contributed by atoms with Crippen molar-refractivity contribution in [2.24, 2.45) is 0 Å². The van der Waals surface area contributed by atoms with Gasteiger partial charge >= 0.3 is 0 Å². The molecule has 1 atom stereocenters. The summed E-state index contributed by atoms with van der Waals surface area (Å²) in [6.45, 7) is 1.77. The Morgan fingerprint density at radius 2 is 2.21 bits per heavy atom. The molecule has 2 rings (SSSR count). The average Bonchev–Trinajstić information content (AvgIpc) is 2.90. The molecule has 0 spiro atoms. The highest BCUT2D eigenvalue weighted by molar-refractivity contribution is 5.91. The van der Waals surface area contributed by atoms with Crippen LogP contribution in [-0.2, 0) is 4.79 Å². The molecule has 0 bridgehead atoms. The van der Waals surface area contributed by atoms with Crippen LogP contribution in [0.25, 0.3) is 6.08 Å². The molecule has 0 radical (unpaired) electrons. The Hall–Kier alpha value is -1.68. The summed E-state index contributed by atoms with van der Waals surface area (Å²) in [7, 11) is 1.80. The van der Waals surface area contributed by atoms with Crippen LogP contribution < -0.4 is 5.32 Å². The number of hydrogen-bond donors (Lipinski definition) is 1. The third-order valence-corrected chi connectivity index (χ3v) is 3.32. The van der Waals surface area contributed by atoms with E-state index >= 15 is 0 Å². The van der Waals surface area contributed by atoms with E-state index in [4.69, 9.17) is 0 Å². The van der Waals surface area contributed by atoms with Gasteiger partial charge < -0.3 is 10.2 Å². The van der Waals surface area contributed by atoms with Crippen molar-refractivity contribution in [1.29, 1.82) is 0 Å². The van der Waals surface area contributed by atoms with Gasteiger partial charge in [0.05, 0.1) is 0 Å². The number of carbonyl (C=O) groups is 1. The number of nitrogens with zero attached hydrogens (tertiary/aromatic N) is 1. The lowest BCUT2D eigenvalue weighted by Crippen LogP contribution is -2.37. The summed E-state index contributed by atoms with van der Waals surface area (Å²) in [5.74, 6) is -0.300. The molecule has 1 aromatic carbocycles. The fraction of sp³-hybridized carbons (Fsp3) is 0.400. The van der Waals surface area contributed by atoms with Crippen molar-refractivity contribution in [2.45, 2.75) is 18.9 Å². The lowest BCUT2D eigenvalue weighted by atomic mass is 10.2. The summed E-state index contributed by atoms with van der Waals surface area (Å²) in [6.07, 6.45) is 5.54. The predicted octanol–water partition coefficient (Wildman–Crippen LogP) is 2.05. The van der Waals surface area contributed by atoms with Crippen LogP contribution in [0.5, 0.6) is 0 Å². The van der Waals surface area contributed by atoms with Crippen LogP contribution in [0.2, 0.25) is 0 Å². The highest BCUT2D eigenvalue weighted by Crippen LogP contribution is 2.08. The molecule has 1 aliphatic heterocycles. The minimum atomic E-state index is -0.270. The normalized spacial score (nSPS) is 18.9. The van der Waals surface area contributed by atoms with Gasteiger partial charge in [0.25, 0.3) is 0 Å².